The van der Waals surface area contributed by atoms with Crippen molar-refractivity contribution in [1.29, 1.82) is 0 Å². The van der Waals surface area contributed by atoms with Gasteiger partial charge in [-0.25, -0.2) is 0 Å². The molecule has 2 aliphatic carbocycles. The van der Waals surface area contributed by atoms with Crippen molar-refractivity contribution < 1.29 is 9.90 Å². The van der Waals surface area contributed by atoms with E-state index in [1.54, 1.807) is 6.92 Å². The van der Waals surface area contributed by atoms with E-state index in [-0.39, 0.29) is 11.3 Å². The van der Waals surface area contributed by atoms with E-state index in [0.717, 1.165) is 0 Å². The number of carbonyl (C=O) groups is 1. The maximum Gasteiger partial charge on any atom is 0.0669 e. The van der Waals surface area contributed by atoms with E-state index in [2.05, 4.69) is 58.0 Å². The molecule has 0 amide bonds. The van der Waals surface area contributed by atoms with Crippen LogP contribution in [0.3, 0.4) is 0 Å². The van der Waals surface area contributed by atoms with Gasteiger partial charge in [-0.1, -0.05) is 68.8 Å². The van der Waals surface area contributed by atoms with E-state index >= 15 is 0 Å². The molecule has 2 heteroatoms. The smallest absolute Gasteiger partial charge is 0.0669 e. The van der Waals surface area contributed by atoms with Crippen LogP contribution in [0.1, 0.15) is 52.5 Å². The summed E-state index contributed by atoms with van der Waals surface area (Å²) in [5, 5.41) is 11.5. The number of rotatable bonds is 3. The number of fused-ring (bicyclic) bond motifs is 1. The highest BCUT2D eigenvalue weighted by Gasteiger charge is 2.53. The quantitative estimate of drug-likeness (QED) is 0.608. The Hall–Kier alpha value is -1.83. The zero-order valence-corrected chi connectivity index (χ0v) is 16.0. The molecule has 0 N–H and O–H groups in total. The van der Waals surface area contributed by atoms with Crippen molar-refractivity contribution in [3.8, 4) is 0 Å². The Labute approximate surface area is 151 Å². The fourth-order valence-corrected chi connectivity index (χ4v) is 5.91. The summed E-state index contributed by atoms with van der Waals surface area (Å²) in [6.45, 7) is 10.9. The first-order chi connectivity index (χ1) is 11.8. The van der Waals surface area contributed by atoms with Crippen LogP contribution in [0.4, 0.5) is 0 Å². The largest absolute Gasteiger partial charge is 0.545 e. The van der Waals surface area contributed by atoms with Crippen LogP contribution in [0.15, 0.2) is 53.6 Å². The van der Waals surface area contributed by atoms with Crippen LogP contribution in [0.2, 0.25) is 0 Å². The molecule has 0 aliphatic heterocycles. The Morgan fingerprint density at radius 1 is 1.20 bits per heavy atom. The van der Waals surface area contributed by atoms with Crippen LogP contribution < -0.4 is 5.11 Å². The predicted molar refractivity (Wildman–Crippen MR) is 99.7 cm³/mol. The van der Waals surface area contributed by atoms with Crippen molar-refractivity contribution in [1.82, 2.24) is 0 Å². The summed E-state index contributed by atoms with van der Waals surface area (Å²) in [4.78, 5) is 11.5. The van der Waals surface area contributed by atoms with Gasteiger partial charge in [0.25, 0.3) is 0 Å². The summed E-state index contributed by atoms with van der Waals surface area (Å²) in [5.74, 6) is 1.33. The fourth-order valence-electron chi connectivity index (χ4n) is 5.91. The first-order valence-electron chi connectivity index (χ1n) is 9.39. The van der Waals surface area contributed by atoms with Gasteiger partial charge in [0.1, 0.15) is 0 Å². The lowest BCUT2D eigenvalue weighted by Crippen LogP contribution is -2.42. The molecule has 0 bridgehead atoms. The normalized spacial score (nSPS) is 38.2. The molecule has 25 heavy (non-hydrogen) atoms. The molecular formula is C23H29O2-. The first-order valence-corrected chi connectivity index (χ1v) is 9.39. The van der Waals surface area contributed by atoms with Crippen molar-refractivity contribution >= 4 is 5.97 Å². The molecule has 1 saturated carbocycles. The van der Waals surface area contributed by atoms with Crippen LogP contribution in [-0.4, -0.2) is 5.97 Å². The van der Waals surface area contributed by atoms with E-state index in [1.807, 2.05) is 12.1 Å². The van der Waals surface area contributed by atoms with Crippen LogP contribution in [0, 0.1) is 29.1 Å². The topological polar surface area (TPSA) is 40.1 Å². The molecule has 3 rings (SSSR count). The van der Waals surface area contributed by atoms with Gasteiger partial charge in [0, 0.05) is 5.92 Å². The molecule has 2 nitrogen and oxygen atoms in total. The average Bonchev–Trinajstić information content (AvgIpc) is 2.87. The van der Waals surface area contributed by atoms with E-state index in [4.69, 9.17) is 0 Å². The minimum Gasteiger partial charge on any atom is -0.545 e. The number of hydrogen-bond acceptors (Lipinski definition) is 2. The van der Waals surface area contributed by atoms with Crippen molar-refractivity contribution in [2.24, 2.45) is 29.1 Å². The zero-order chi connectivity index (χ0) is 18.4. The molecule has 1 fully saturated rings. The molecule has 2 aliphatic rings. The Bertz CT molecular complexity index is 715. The number of carbonyl (C=O) groups excluding carboxylic acids is 1. The molecule has 0 radical (unpaired) electrons. The molecule has 1 aromatic carbocycles. The monoisotopic (exact) mass is 337 g/mol. The van der Waals surface area contributed by atoms with Gasteiger partial charge in [-0.3, -0.25) is 0 Å². The standard InChI is InChI=1S/C23H30O2/c1-14-11-16(3)21-20(14)15(2)12-19(18-9-7-6-8-10-18)23(21,5)13-17(4)22(24)25/h6-10,12-14,16,19-21H,11H2,1-5H3,(H,24,25)/p-1/b17-13+/t14-,16-,19+,20+,21-,23+/m1/s1. The Morgan fingerprint density at radius 2 is 1.84 bits per heavy atom. The second-order valence-corrected chi connectivity index (χ2v) is 8.52. The van der Waals surface area contributed by atoms with Crippen LogP contribution in [0.5, 0.6) is 0 Å². The third-order valence-electron chi connectivity index (χ3n) is 6.71. The van der Waals surface area contributed by atoms with Gasteiger partial charge in [-0.2, -0.15) is 0 Å². The van der Waals surface area contributed by atoms with Gasteiger partial charge < -0.3 is 9.90 Å². The second-order valence-electron chi connectivity index (χ2n) is 8.52. The highest BCUT2D eigenvalue weighted by molar-refractivity contribution is 5.84. The van der Waals surface area contributed by atoms with Gasteiger partial charge in [-0.05, 0) is 60.5 Å². The number of carboxylic acid groups (broad SMARTS) is 1. The first kappa shape index (κ1) is 18.0. The number of allylic oxidation sites excluding steroid dienone is 3. The van der Waals surface area contributed by atoms with Gasteiger partial charge in [-0.15, -0.1) is 0 Å². The van der Waals surface area contributed by atoms with Crippen molar-refractivity contribution in [3.63, 3.8) is 0 Å². The van der Waals surface area contributed by atoms with Crippen molar-refractivity contribution in [3.05, 3.63) is 59.2 Å². The molecule has 1 aromatic rings. The molecule has 6 atom stereocenters. The summed E-state index contributed by atoms with van der Waals surface area (Å²) in [6.07, 6.45) is 5.59. The summed E-state index contributed by atoms with van der Waals surface area (Å²) >= 11 is 0. The highest BCUT2D eigenvalue weighted by atomic mass is 16.4. The van der Waals surface area contributed by atoms with E-state index in [1.165, 1.54) is 17.6 Å². The maximum atomic E-state index is 11.5. The Balaban J connectivity index is 2.20. The predicted octanol–water partition coefficient (Wildman–Crippen LogP) is 4.34. The lowest BCUT2D eigenvalue weighted by molar-refractivity contribution is -0.299. The summed E-state index contributed by atoms with van der Waals surface area (Å²) in [5.41, 5.74) is 2.85. The van der Waals surface area contributed by atoms with Gasteiger partial charge >= 0.3 is 0 Å². The van der Waals surface area contributed by atoms with E-state index in [0.29, 0.717) is 29.2 Å². The SMILES string of the molecule is CC1=C[C@@H](c2ccccc2)[C@](C)(/C=C(\C)C(=O)[O-])[C@H]2[C@H]1[C@H](C)C[C@H]2C. The molecule has 0 aromatic heterocycles. The van der Waals surface area contributed by atoms with Gasteiger partial charge in [0.05, 0.1) is 5.97 Å². The minimum atomic E-state index is -1.06. The molecule has 0 spiro atoms. The molecular weight excluding hydrogens is 308 g/mol. The number of benzene rings is 1. The Morgan fingerprint density at radius 3 is 2.44 bits per heavy atom. The lowest BCUT2D eigenvalue weighted by atomic mass is 9.55. The van der Waals surface area contributed by atoms with Crippen LogP contribution >= 0.6 is 0 Å². The van der Waals surface area contributed by atoms with E-state index in [9.17, 15) is 9.90 Å². The lowest BCUT2D eigenvalue weighted by Gasteiger charge is -2.49. The molecule has 0 unspecified atom stereocenters. The number of carboxylic acids is 1. The second kappa shape index (κ2) is 6.48. The zero-order valence-electron chi connectivity index (χ0n) is 16.0. The highest BCUT2D eigenvalue weighted by Crippen LogP contribution is 2.61. The van der Waals surface area contributed by atoms with Gasteiger partial charge in [0.15, 0.2) is 0 Å². The van der Waals surface area contributed by atoms with Crippen molar-refractivity contribution in [2.75, 3.05) is 0 Å². The average molecular weight is 337 g/mol. The van der Waals surface area contributed by atoms with E-state index < -0.39 is 5.97 Å². The fraction of sp³-hybridized carbons (Fsp3) is 0.522. The molecule has 0 saturated heterocycles. The summed E-state index contributed by atoms with van der Waals surface area (Å²) < 4.78 is 0. The summed E-state index contributed by atoms with van der Waals surface area (Å²) in [7, 11) is 0. The maximum absolute atomic E-state index is 11.5. The third kappa shape index (κ3) is 2.96. The van der Waals surface area contributed by atoms with Crippen LogP contribution in [-0.2, 0) is 4.79 Å². The summed E-state index contributed by atoms with van der Waals surface area (Å²) in [6, 6.07) is 10.5. The van der Waals surface area contributed by atoms with Gasteiger partial charge in [0.2, 0.25) is 0 Å². The minimum absolute atomic E-state index is 0.192. The number of hydrogen-bond donors (Lipinski definition) is 0. The molecule has 0 heterocycles. The van der Waals surface area contributed by atoms with Crippen molar-refractivity contribution in [2.45, 2.75) is 47.0 Å². The Kier molecular flexibility index (Phi) is 4.66. The third-order valence-corrected chi connectivity index (χ3v) is 6.71. The number of aliphatic carboxylic acids is 1. The molecule has 134 valence electrons. The van der Waals surface area contributed by atoms with Crippen LogP contribution in [0.25, 0.3) is 0 Å².